The van der Waals surface area contributed by atoms with Crippen molar-refractivity contribution in [2.24, 2.45) is 0 Å². The van der Waals surface area contributed by atoms with Crippen molar-refractivity contribution in [3.8, 4) is 0 Å². The SMILES string of the molecule is CC(CC(=O)N1CCNCC1(C)C)c1ccc(Br)cc1. The van der Waals surface area contributed by atoms with E-state index in [9.17, 15) is 4.79 Å². The van der Waals surface area contributed by atoms with Crippen LogP contribution in [-0.2, 0) is 4.79 Å². The summed E-state index contributed by atoms with van der Waals surface area (Å²) in [7, 11) is 0. The van der Waals surface area contributed by atoms with E-state index in [-0.39, 0.29) is 17.4 Å². The van der Waals surface area contributed by atoms with E-state index in [2.05, 4.69) is 54.2 Å². The average molecular weight is 339 g/mol. The largest absolute Gasteiger partial charge is 0.335 e. The number of hydrogen-bond acceptors (Lipinski definition) is 2. The number of hydrogen-bond donors (Lipinski definition) is 1. The lowest BCUT2D eigenvalue weighted by molar-refractivity contribution is -0.138. The molecular formula is C16H23BrN2O. The maximum Gasteiger partial charge on any atom is 0.223 e. The Morgan fingerprint density at radius 2 is 2.05 bits per heavy atom. The highest BCUT2D eigenvalue weighted by Gasteiger charge is 2.33. The number of amides is 1. The van der Waals surface area contributed by atoms with Crippen LogP contribution in [0.4, 0.5) is 0 Å². The van der Waals surface area contributed by atoms with Crippen molar-refractivity contribution < 1.29 is 4.79 Å². The Labute approximate surface area is 129 Å². The zero-order chi connectivity index (χ0) is 14.8. The van der Waals surface area contributed by atoms with Gasteiger partial charge >= 0.3 is 0 Å². The Morgan fingerprint density at radius 3 is 2.65 bits per heavy atom. The number of piperazine rings is 1. The number of carbonyl (C=O) groups is 1. The zero-order valence-corrected chi connectivity index (χ0v) is 14.0. The Balaban J connectivity index is 2.01. The molecule has 1 aromatic carbocycles. The van der Waals surface area contributed by atoms with E-state index >= 15 is 0 Å². The molecule has 1 amide bonds. The number of halogens is 1. The van der Waals surface area contributed by atoms with E-state index in [1.807, 2.05) is 17.0 Å². The second-order valence-electron chi connectivity index (χ2n) is 6.19. The Kier molecular flexibility index (Phi) is 4.86. The molecule has 1 aromatic rings. The minimum atomic E-state index is -0.0885. The standard InChI is InChI=1S/C16H23BrN2O/c1-12(13-4-6-14(17)7-5-13)10-15(20)19-9-8-18-11-16(19,2)3/h4-7,12,18H,8-11H2,1-3H3. The highest BCUT2D eigenvalue weighted by Crippen LogP contribution is 2.25. The summed E-state index contributed by atoms with van der Waals surface area (Å²) >= 11 is 3.44. The summed E-state index contributed by atoms with van der Waals surface area (Å²) in [5.74, 6) is 0.508. The van der Waals surface area contributed by atoms with Crippen molar-refractivity contribution >= 4 is 21.8 Å². The summed E-state index contributed by atoms with van der Waals surface area (Å²) in [5, 5.41) is 3.35. The van der Waals surface area contributed by atoms with Crippen LogP contribution in [0, 0.1) is 0 Å². The predicted octanol–water partition coefficient (Wildman–Crippen LogP) is 3.15. The van der Waals surface area contributed by atoms with Crippen LogP contribution in [0.5, 0.6) is 0 Å². The second-order valence-corrected chi connectivity index (χ2v) is 7.11. The molecular weight excluding hydrogens is 316 g/mol. The predicted molar refractivity (Wildman–Crippen MR) is 85.8 cm³/mol. The molecule has 3 nitrogen and oxygen atoms in total. The number of carbonyl (C=O) groups excluding carboxylic acids is 1. The molecule has 1 N–H and O–H groups in total. The van der Waals surface area contributed by atoms with Crippen LogP contribution in [0.3, 0.4) is 0 Å². The lowest BCUT2D eigenvalue weighted by Gasteiger charge is -2.43. The number of nitrogens with zero attached hydrogens (tertiary/aromatic N) is 1. The molecule has 0 saturated carbocycles. The number of nitrogens with one attached hydrogen (secondary N) is 1. The van der Waals surface area contributed by atoms with Crippen molar-refractivity contribution in [3.63, 3.8) is 0 Å². The monoisotopic (exact) mass is 338 g/mol. The smallest absolute Gasteiger partial charge is 0.223 e. The normalized spacial score (nSPS) is 19.7. The summed E-state index contributed by atoms with van der Waals surface area (Å²) in [4.78, 5) is 14.6. The van der Waals surface area contributed by atoms with Gasteiger partial charge in [0.25, 0.3) is 0 Å². The van der Waals surface area contributed by atoms with Gasteiger partial charge in [-0.2, -0.15) is 0 Å². The van der Waals surface area contributed by atoms with Gasteiger partial charge in [-0.05, 0) is 37.5 Å². The fourth-order valence-electron chi connectivity index (χ4n) is 2.73. The van der Waals surface area contributed by atoms with Crippen LogP contribution in [-0.4, -0.2) is 36.0 Å². The Hall–Kier alpha value is -0.870. The van der Waals surface area contributed by atoms with Crippen LogP contribution in [0.15, 0.2) is 28.7 Å². The third kappa shape index (κ3) is 3.61. The van der Waals surface area contributed by atoms with E-state index in [1.54, 1.807) is 0 Å². The van der Waals surface area contributed by atoms with Crippen LogP contribution >= 0.6 is 15.9 Å². The van der Waals surface area contributed by atoms with Gasteiger partial charge in [-0.3, -0.25) is 4.79 Å². The van der Waals surface area contributed by atoms with E-state index in [0.29, 0.717) is 6.42 Å². The molecule has 0 aliphatic carbocycles. The van der Waals surface area contributed by atoms with Crippen molar-refractivity contribution in [1.29, 1.82) is 0 Å². The number of benzene rings is 1. The van der Waals surface area contributed by atoms with Gasteiger partial charge in [0.2, 0.25) is 5.91 Å². The number of rotatable bonds is 3. The maximum absolute atomic E-state index is 12.6. The highest BCUT2D eigenvalue weighted by atomic mass is 79.9. The summed E-state index contributed by atoms with van der Waals surface area (Å²) in [6.45, 7) is 8.94. The van der Waals surface area contributed by atoms with Gasteiger partial charge < -0.3 is 10.2 Å². The molecule has 0 spiro atoms. The second kappa shape index (κ2) is 6.27. The fraction of sp³-hybridized carbons (Fsp3) is 0.562. The minimum absolute atomic E-state index is 0.0885. The quantitative estimate of drug-likeness (QED) is 0.918. The molecule has 1 fully saturated rings. The van der Waals surface area contributed by atoms with Gasteiger partial charge in [0.05, 0.1) is 0 Å². The van der Waals surface area contributed by atoms with Gasteiger partial charge in [0.1, 0.15) is 0 Å². The fourth-order valence-corrected chi connectivity index (χ4v) is 2.99. The van der Waals surface area contributed by atoms with E-state index in [0.717, 1.165) is 24.1 Å². The van der Waals surface area contributed by atoms with Gasteiger partial charge in [0, 0.05) is 36.1 Å². The molecule has 1 saturated heterocycles. The molecule has 110 valence electrons. The highest BCUT2D eigenvalue weighted by molar-refractivity contribution is 9.10. The lowest BCUT2D eigenvalue weighted by Crippen LogP contribution is -2.59. The van der Waals surface area contributed by atoms with Gasteiger partial charge in [-0.1, -0.05) is 35.0 Å². The molecule has 1 aliphatic heterocycles. The molecule has 1 aliphatic rings. The molecule has 1 atom stereocenters. The van der Waals surface area contributed by atoms with E-state index < -0.39 is 0 Å². The lowest BCUT2D eigenvalue weighted by atomic mass is 9.94. The third-order valence-electron chi connectivity index (χ3n) is 4.02. The molecule has 4 heteroatoms. The van der Waals surface area contributed by atoms with Crippen molar-refractivity contribution in [2.75, 3.05) is 19.6 Å². The zero-order valence-electron chi connectivity index (χ0n) is 12.4. The summed E-state index contributed by atoms with van der Waals surface area (Å²) in [6.07, 6.45) is 0.574. The van der Waals surface area contributed by atoms with E-state index in [1.165, 1.54) is 5.56 Å². The van der Waals surface area contributed by atoms with Gasteiger partial charge in [-0.15, -0.1) is 0 Å². The summed E-state index contributed by atoms with van der Waals surface area (Å²) in [5.41, 5.74) is 1.13. The summed E-state index contributed by atoms with van der Waals surface area (Å²) < 4.78 is 1.07. The van der Waals surface area contributed by atoms with Crippen molar-refractivity contribution in [1.82, 2.24) is 10.2 Å². The van der Waals surface area contributed by atoms with Crippen molar-refractivity contribution in [3.05, 3.63) is 34.3 Å². The Bertz CT molecular complexity index is 470. The first kappa shape index (κ1) is 15.5. The van der Waals surface area contributed by atoms with Gasteiger partial charge in [-0.25, -0.2) is 0 Å². The molecule has 1 unspecified atom stereocenters. The molecule has 2 rings (SSSR count). The average Bonchev–Trinajstić information content (AvgIpc) is 2.38. The maximum atomic E-state index is 12.6. The molecule has 20 heavy (non-hydrogen) atoms. The molecule has 0 radical (unpaired) electrons. The first-order chi connectivity index (χ1) is 9.40. The van der Waals surface area contributed by atoms with Crippen LogP contribution in [0.25, 0.3) is 0 Å². The first-order valence-electron chi connectivity index (χ1n) is 7.17. The Morgan fingerprint density at radius 1 is 1.40 bits per heavy atom. The van der Waals surface area contributed by atoms with E-state index in [4.69, 9.17) is 0 Å². The molecule has 1 heterocycles. The third-order valence-corrected chi connectivity index (χ3v) is 4.55. The van der Waals surface area contributed by atoms with Crippen LogP contribution in [0.2, 0.25) is 0 Å². The van der Waals surface area contributed by atoms with Crippen molar-refractivity contribution in [2.45, 2.75) is 38.6 Å². The van der Waals surface area contributed by atoms with Crippen LogP contribution in [0.1, 0.15) is 38.7 Å². The van der Waals surface area contributed by atoms with Crippen LogP contribution < -0.4 is 5.32 Å². The molecule has 0 aromatic heterocycles. The van der Waals surface area contributed by atoms with Gasteiger partial charge in [0.15, 0.2) is 0 Å². The minimum Gasteiger partial charge on any atom is -0.335 e. The molecule has 0 bridgehead atoms. The topological polar surface area (TPSA) is 32.3 Å². The first-order valence-corrected chi connectivity index (χ1v) is 7.96. The summed E-state index contributed by atoms with van der Waals surface area (Å²) in [6, 6.07) is 8.24.